The lowest BCUT2D eigenvalue weighted by Crippen LogP contribution is -2.16. The second-order valence-electron chi connectivity index (χ2n) is 4.60. The molecular formula is C16H15N. The predicted octanol–water partition coefficient (Wildman–Crippen LogP) is 3.84. The monoisotopic (exact) mass is 221 g/mol. The number of hydrogen-bond donors (Lipinski definition) is 1. The van der Waals surface area contributed by atoms with Gasteiger partial charge in [0.05, 0.1) is 5.71 Å². The summed E-state index contributed by atoms with van der Waals surface area (Å²) >= 11 is 0. The van der Waals surface area contributed by atoms with E-state index >= 15 is 0 Å². The highest BCUT2D eigenvalue weighted by molar-refractivity contribution is 6.07. The van der Waals surface area contributed by atoms with Gasteiger partial charge in [-0.1, -0.05) is 54.6 Å². The van der Waals surface area contributed by atoms with Gasteiger partial charge >= 0.3 is 0 Å². The van der Waals surface area contributed by atoms with Crippen LogP contribution in [0, 0.1) is 11.3 Å². The van der Waals surface area contributed by atoms with E-state index in [0.717, 1.165) is 12.0 Å². The Kier molecular flexibility index (Phi) is 2.52. The predicted molar refractivity (Wildman–Crippen MR) is 71.5 cm³/mol. The summed E-state index contributed by atoms with van der Waals surface area (Å²) in [6, 6.07) is 8.29. The van der Waals surface area contributed by atoms with Gasteiger partial charge in [-0.05, 0) is 24.0 Å². The molecule has 0 amide bonds. The zero-order chi connectivity index (χ0) is 11.7. The minimum absolute atomic E-state index is 0.418. The Morgan fingerprint density at radius 2 is 1.88 bits per heavy atom. The van der Waals surface area contributed by atoms with Gasteiger partial charge in [-0.2, -0.15) is 0 Å². The second kappa shape index (κ2) is 4.17. The number of allylic oxidation sites excluding steroid dienone is 6. The molecular weight excluding hydrogens is 206 g/mol. The molecule has 2 aliphatic carbocycles. The number of fused-ring (bicyclic) bond motifs is 3. The van der Waals surface area contributed by atoms with Crippen molar-refractivity contribution in [3.8, 4) is 0 Å². The highest BCUT2D eigenvalue weighted by Crippen LogP contribution is 2.35. The van der Waals surface area contributed by atoms with Crippen LogP contribution in [0.5, 0.6) is 0 Å². The normalized spacial score (nSPS) is 27.9. The van der Waals surface area contributed by atoms with Crippen LogP contribution in [0.3, 0.4) is 0 Å². The summed E-state index contributed by atoms with van der Waals surface area (Å²) in [4.78, 5) is 0. The largest absolute Gasteiger partial charge is 0.300 e. The van der Waals surface area contributed by atoms with Crippen molar-refractivity contribution in [2.75, 3.05) is 0 Å². The summed E-state index contributed by atoms with van der Waals surface area (Å²) in [5.74, 6) is 0.951. The van der Waals surface area contributed by atoms with Crippen LogP contribution in [0.15, 0.2) is 60.7 Å². The van der Waals surface area contributed by atoms with E-state index in [1.165, 1.54) is 5.56 Å². The van der Waals surface area contributed by atoms with Crippen LogP contribution in [-0.2, 0) is 0 Å². The van der Waals surface area contributed by atoms with E-state index in [4.69, 9.17) is 5.41 Å². The Hall–Kier alpha value is -1.89. The van der Waals surface area contributed by atoms with E-state index in [0.29, 0.717) is 17.5 Å². The molecule has 1 nitrogen and oxygen atoms in total. The average Bonchev–Trinajstić information content (AvgIpc) is 2.37. The fourth-order valence-corrected chi connectivity index (χ4v) is 2.68. The van der Waals surface area contributed by atoms with Crippen molar-refractivity contribution in [3.05, 3.63) is 71.8 Å². The molecule has 2 unspecified atom stereocenters. The first kappa shape index (κ1) is 10.3. The van der Waals surface area contributed by atoms with Gasteiger partial charge in [0.2, 0.25) is 0 Å². The molecule has 0 heterocycles. The van der Waals surface area contributed by atoms with Crippen molar-refractivity contribution >= 4 is 5.71 Å². The van der Waals surface area contributed by atoms with Crippen molar-refractivity contribution in [1.29, 1.82) is 5.41 Å². The molecule has 0 aromatic heterocycles. The van der Waals surface area contributed by atoms with Crippen LogP contribution in [0.1, 0.15) is 23.5 Å². The lowest BCUT2D eigenvalue weighted by molar-refractivity contribution is 0.583. The van der Waals surface area contributed by atoms with Gasteiger partial charge in [-0.25, -0.2) is 0 Å². The SMILES string of the molecule is N=C1/C=C\CC2C=CC=CC2c2ccccc21. The average molecular weight is 221 g/mol. The molecule has 0 fully saturated rings. The maximum Gasteiger partial charge on any atom is 0.0612 e. The summed E-state index contributed by atoms with van der Waals surface area (Å²) in [7, 11) is 0. The van der Waals surface area contributed by atoms with Crippen LogP contribution in [0.25, 0.3) is 0 Å². The van der Waals surface area contributed by atoms with Crippen LogP contribution < -0.4 is 0 Å². The Balaban J connectivity index is 2.16. The fraction of sp³-hybridized carbons (Fsp3) is 0.188. The minimum Gasteiger partial charge on any atom is -0.300 e. The van der Waals surface area contributed by atoms with Crippen molar-refractivity contribution in [2.45, 2.75) is 12.3 Å². The first-order valence-corrected chi connectivity index (χ1v) is 6.05. The van der Waals surface area contributed by atoms with E-state index < -0.39 is 0 Å². The molecule has 84 valence electrons. The molecule has 1 aromatic rings. The van der Waals surface area contributed by atoms with E-state index in [9.17, 15) is 0 Å². The number of rotatable bonds is 0. The van der Waals surface area contributed by atoms with E-state index in [-0.39, 0.29) is 0 Å². The van der Waals surface area contributed by atoms with Crippen LogP contribution in [-0.4, -0.2) is 5.71 Å². The lowest BCUT2D eigenvalue weighted by atomic mass is 9.77. The minimum atomic E-state index is 0.418. The second-order valence-corrected chi connectivity index (χ2v) is 4.60. The summed E-state index contributed by atoms with van der Waals surface area (Å²) < 4.78 is 0. The van der Waals surface area contributed by atoms with Crippen molar-refractivity contribution < 1.29 is 0 Å². The van der Waals surface area contributed by atoms with E-state index in [1.54, 1.807) is 0 Å². The van der Waals surface area contributed by atoms with Crippen LogP contribution in [0.2, 0.25) is 0 Å². The van der Waals surface area contributed by atoms with Gasteiger partial charge in [0.1, 0.15) is 0 Å². The lowest BCUT2D eigenvalue weighted by Gasteiger charge is -2.27. The Morgan fingerprint density at radius 3 is 2.82 bits per heavy atom. The standard InChI is InChI=1S/C16H15N/c17-16-11-5-7-12-6-1-2-8-13(12)14-9-3-4-10-15(14)16/h1-6,8-13,17H,7H2/b11-5-,17-16?. The Labute approximate surface area is 102 Å². The van der Waals surface area contributed by atoms with Gasteiger partial charge in [-0.3, -0.25) is 0 Å². The molecule has 2 atom stereocenters. The molecule has 1 heteroatoms. The zero-order valence-electron chi connectivity index (χ0n) is 9.64. The highest BCUT2D eigenvalue weighted by Gasteiger charge is 2.23. The molecule has 1 aromatic carbocycles. The van der Waals surface area contributed by atoms with Gasteiger partial charge < -0.3 is 5.41 Å². The van der Waals surface area contributed by atoms with Crippen molar-refractivity contribution in [1.82, 2.24) is 0 Å². The Morgan fingerprint density at radius 1 is 1.06 bits per heavy atom. The summed E-state index contributed by atoms with van der Waals surface area (Å²) in [5, 5.41) is 8.08. The highest BCUT2D eigenvalue weighted by atomic mass is 14.4. The number of benzene rings is 1. The molecule has 0 saturated heterocycles. The number of hydrogen-bond acceptors (Lipinski definition) is 1. The molecule has 0 saturated carbocycles. The van der Waals surface area contributed by atoms with E-state index in [2.05, 4.69) is 48.6 Å². The molecule has 0 radical (unpaired) electrons. The molecule has 3 rings (SSSR count). The van der Waals surface area contributed by atoms with Gasteiger partial charge in [-0.15, -0.1) is 0 Å². The number of nitrogens with one attached hydrogen (secondary N) is 1. The molecule has 1 N–H and O–H groups in total. The molecule has 0 spiro atoms. The van der Waals surface area contributed by atoms with E-state index in [1.807, 2.05) is 12.1 Å². The third-order valence-electron chi connectivity index (χ3n) is 3.55. The van der Waals surface area contributed by atoms with Gasteiger partial charge in [0.15, 0.2) is 0 Å². The first-order chi connectivity index (χ1) is 8.36. The molecule has 0 aliphatic heterocycles. The van der Waals surface area contributed by atoms with Gasteiger partial charge in [0.25, 0.3) is 0 Å². The molecule has 2 aliphatic rings. The zero-order valence-corrected chi connectivity index (χ0v) is 9.64. The van der Waals surface area contributed by atoms with Gasteiger partial charge in [0, 0.05) is 11.5 Å². The van der Waals surface area contributed by atoms with Crippen molar-refractivity contribution in [2.24, 2.45) is 5.92 Å². The molecule has 0 bridgehead atoms. The van der Waals surface area contributed by atoms with Crippen LogP contribution in [0.4, 0.5) is 0 Å². The third-order valence-corrected chi connectivity index (χ3v) is 3.55. The molecule has 17 heavy (non-hydrogen) atoms. The summed E-state index contributed by atoms with van der Waals surface area (Å²) in [5.41, 5.74) is 2.98. The first-order valence-electron chi connectivity index (χ1n) is 6.05. The third kappa shape index (κ3) is 1.78. The summed E-state index contributed by atoms with van der Waals surface area (Å²) in [6.45, 7) is 0. The maximum absolute atomic E-state index is 8.08. The van der Waals surface area contributed by atoms with Crippen LogP contribution >= 0.6 is 0 Å². The van der Waals surface area contributed by atoms with Crippen molar-refractivity contribution in [3.63, 3.8) is 0 Å². The smallest absolute Gasteiger partial charge is 0.0612 e. The maximum atomic E-state index is 8.08. The fourth-order valence-electron chi connectivity index (χ4n) is 2.68. The topological polar surface area (TPSA) is 23.9 Å². The Bertz CT molecular complexity index is 534. The quantitative estimate of drug-likeness (QED) is 0.688. The summed E-state index contributed by atoms with van der Waals surface area (Å²) in [6.07, 6.45) is 13.9.